The van der Waals surface area contributed by atoms with Gasteiger partial charge in [-0.15, -0.1) is 18.8 Å². The van der Waals surface area contributed by atoms with Crippen LogP contribution in [0.5, 0.6) is 0 Å². The van der Waals surface area contributed by atoms with E-state index < -0.39 is 24.4 Å². The lowest BCUT2D eigenvalue weighted by Gasteiger charge is -2.21. The molecule has 0 unspecified atom stereocenters. The standard InChI is InChI=1S/C6H2F6O2.C3H4/c1-2-3(13)14-4(5(7,8)9)6(10,11)12;1-3-2/h1,4H;1H,2H3. The predicted molar refractivity (Wildman–Crippen MR) is 45.3 cm³/mol. The fraction of sp³-hybridized carbons (Fsp3) is 0.444. The fourth-order valence-electron chi connectivity index (χ4n) is 0.460. The van der Waals surface area contributed by atoms with Crippen molar-refractivity contribution in [3.8, 4) is 24.7 Å². The molecular formula is C9H6F6O2. The van der Waals surface area contributed by atoms with Crippen LogP contribution in [-0.4, -0.2) is 24.4 Å². The van der Waals surface area contributed by atoms with Crippen molar-refractivity contribution in [3.63, 3.8) is 0 Å². The number of esters is 1. The number of hydrogen-bond donors (Lipinski definition) is 0. The first-order valence-corrected chi connectivity index (χ1v) is 3.68. The molecule has 0 atom stereocenters. The van der Waals surface area contributed by atoms with E-state index in [4.69, 9.17) is 0 Å². The maximum absolute atomic E-state index is 11.6. The van der Waals surface area contributed by atoms with E-state index in [1.807, 2.05) is 0 Å². The highest BCUT2D eigenvalue weighted by Crippen LogP contribution is 2.35. The van der Waals surface area contributed by atoms with Gasteiger partial charge >= 0.3 is 18.3 Å². The Kier molecular flexibility index (Phi) is 6.91. The minimum atomic E-state index is -5.73. The number of carbonyl (C=O) groups excluding carboxylic acids is 1. The van der Waals surface area contributed by atoms with Crippen molar-refractivity contribution >= 4 is 5.97 Å². The van der Waals surface area contributed by atoms with E-state index in [0.29, 0.717) is 0 Å². The second-order valence-corrected chi connectivity index (χ2v) is 2.30. The number of carbonyl (C=O) groups is 1. The van der Waals surface area contributed by atoms with Crippen LogP contribution in [0.4, 0.5) is 26.3 Å². The van der Waals surface area contributed by atoms with Gasteiger partial charge in [0.2, 0.25) is 0 Å². The quantitative estimate of drug-likeness (QED) is 0.313. The Morgan fingerprint density at radius 2 is 1.41 bits per heavy atom. The molecule has 0 heterocycles. The molecule has 8 heteroatoms. The molecular weight excluding hydrogens is 254 g/mol. The first-order chi connectivity index (χ1) is 7.50. The molecule has 0 aliphatic rings. The summed E-state index contributed by atoms with van der Waals surface area (Å²) in [6.45, 7) is 1.65. The second-order valence-electron chi connectivity index (χ2n) is 2.30. The van der Waals surface area contributed by atoms with Crippen LogP contribution >= 0.6 is 0 Å². The van der Waals surface area contributed by atoms with Gasteiger partial charge in [-0.25, -0.2) is 4.79 Å². The largest absolute Gasteiger partial charge is 0.434 e. The molecule has 2 nitrogen and oxygen atoms in total. The number of hydrogen-bond acceptors (Lipinski definition) is 2. The van der Waals surface area contributed by atoms with E-state index >= 15 is 0 Å². The summed E-state index contributed by atoms with van der Waals surface area (Å²) in [6.07, 6.45) is -6.80. The lowest BCUT2D eigenvalue weighted by molar-refractivity contribution is -0.311. The predicted octanol–water partition coefficient (Wildman–Crippen LogP) is 2.30. The second kappa shape index (κ2) is 6.69. The zero-order valence-corrected chi connectivity index (χ0v) is 8.32. The van der Waals surface area contributed by atoms with Gasteiger partial charge in [0.15, 0.2) is 0 Å². The van der Waals surface area contributed by atoms with Crippen LogP contribution < -0.4 is 0 Å². The number of halogens is 6. The summed E-state index contributed by atoms with van der Waals surface area (Å²) >= 11 is 0. The first-order valence-electron chi connectivity index (χ1n) is 3.68. The highest BCUT2D eigenvalue weighted by atomic mass is 19.4. The lowest BCUT2D eigenvalue weighted by atomic mass is 10.3. The third kappa shape index (κ3) is 8.03. The van der Waals surface area contributed by atoms with Crippen molar-refractivity contribution in [1.29, 1.82) is 0 Å². The maximum Gasteiger partial charge on any atom is 0.434 e. The Bertz CT molecular complexity index is 313. The number of alkyl halides is 6. The van der Waals surface area contributed by atoms with E-state index in [2.05, 4.69) is 23.5 Å². The van der Waals surface area contributed by atoms with E-state index in [1.54, 1.807) is 6.92 Å². The Balaban J connectivity index is 0. The molecule has 0 N–H and O–H groups in total. The minimum absolute atomic E-state index is 0.978. The van der Waals surface area contributed by atoms with E-state index in [9.17, 15) is 31.1 Å². The van der Waals surface area contributed by atoms with Gasteiger partial charge < -0.3 is 4.74 Å². The van der Waals surface area contributed by atoms with Gasteiger partial charge in [0, 0.05) is 5.92 Å². The number of ether oxygens (including phenoxy) is 1. The van der Waals surface area contributed by atoms with Gasteiger partial charge in [0.25, 0.3) is 6.10 Å². The molecule has 0 rings (SSSR count). The summed E-state index contributed by atoms with van der Waals surface area (Å²) in [7, 11) is 0. The van der Waals surface area contributed by atoms with Crippen molar-refractivity contribution in [3.05, 3.63) is 0 Å². The van der Waals surface area contributed by atoms with Gasteiger partial charge in [0.05, 0.1) is 0 Å². The molecule has 17 heavy (non-hydrogen) atoms. The van der Waals surface area contributed by atoms with Crippen molar-refractivity contribution < 1.29 is 35.9 Å². The normalized spacial score (nSPS) is 10.7. The molecule has 0 fully saturated rings. The van der Waals surface area contributed by atoms with E-state index in [0.717, 1.165) is 5.92 Å². The molecule has 0 bridgehead atoms. The molecule has 0 amide bonds. The van der Waals surface area contributed by atoms with Gasteiger partial charge in [-0.3, -0.25) is 0 Å². The Morgan fingerprint density at radius 1 is 1.12 bits per heavy atom. The Hall–Kier alpha value is -1.83. The maximum atomic E-state index is 11.6. The van der Waals surface area contributed by atoms with Crippen LogP contribution in [0, 0.1) is 24.7 Å². The summed E-state index contributed by atoms with van der Waals surface area (Å²) in [6, 6.07) is 0. The fourth-order valence-corrected chi connectivity index (χ4v) is 0.460. The van der Waals surface area contributed by atoms with E-state index in [1.165, 1.54) is 0 Å². The Labute approximate surface area is 92.9 Å². The molecule has 0 aliphatic carbocycles. The monoisotopic (exact) mass is 260 g/mol. The third-order valence-corrected chi connectivity index (χ3v) is 0.937. The number of terminal acetylenes is 2. The SMILES string of the molecule is C#CC.C#CC(=O)OC(C(F)(F)F)C(F)(F)F. The topological polar surface area (TPSA) is 26.3 Å². The van der Waals surface area contributed by atoms with Crippen LogP contribution in [0.1, 0.15) is 6.92 Å². The molecule has 0 radical (unpaired) electrons. The summed E-state index contributed by atoms with van der Waals surface area (Å²) in [5.74, 6) is 1.20. The first kappa shape index (κ1) is 17.6. The van der Waals surface area contributed by atoms with Gasteiger partial charge in [-0.2, -0.15) is 26.3 Å². The van der Waals surface area contributed by atoms with Crippen LogP contribution in [0.15, 0.2) is 0 Å². The minimum Gasteiger partial charge on any atom is -0.433 e. The highest BCUT2D eigenvalue weighted by Gasteiger charge is 2.59. The molecule has 0 spiro atoms. The number of rotatable bonds is 1. The van der Waals surface area contributed by atoms with Crippen LogP contribution in [0.25, 0.3) is 0 Å². The smallest absolute Gasteiger partial charge is 0.433 e. The van der Waals surface area contributed by atoms with Crippen molar-refractivity contribution in [2.24, 2.45) is 0 Å². The molecule has 0 aromatic rings. The van der Waals surface area contributed by atoms with Gasteiger partial charge in [0.1, 0.15) is 0 Å². The Morgan fingerprint density at radius 3 is 1.59 bits per heavy atom. The third-order valence-electron chi connectivity index (χ3n) is 0.937. The molecule has 0 aromatic heterocycles. The van der Waals surface area contributed by atoms with Gasteiger partial charge in [-0.1, -0.05) is 0 Å². The summed E-state index contributed by atoms with van der Waals surface area (Å²) in [5.41, 5.74) is 0. The molecule has 96 valence electrons. The molecule has 0 saturated carbocycles. The van der Waals surface area contributed by atoms with Gasteiger partial charge in [-0.05, 0) is 6.92 Å². The van der Waals surface area contributed by atoms with Crippen molar-refractivity contribution in [2.75, 3.05) is 0 Å². The van der Waals surface area contributed by atoms with Crippen LogP contribution in [0.2, 0.25) is 0 Å². The van der Waals surface area contributed by atoms with Crippen LogP contribution in [0.3, 0.4) is 0 Å². The summed E-state index contributed by atoms with van der Waals surface area (Å²) < 4.78 is 72.9. The average molecular weight is 260 g/mol. The average Bonchev–Trinajstić information content (AvgIpc) is 2.11. The van der Waals surface area contributed by atoms with Crippen molar-refractivity contribution in [2.45, 2.75) is 25.4 Å². The molecule has 0 aromatic carbocycles. The molecule has 0 aliphatic heterocycles. The lowest BCUT2D eigenvalue weighted by Crippen LogP contribution is -2.45. The van der Waals surface area contributed by atoms with Crippen molar-refractivity contribution in [1.82, 2.24) is 0 Å². The highest BCUT2D eigenvalue weighted by molar-refractivity contribution is 5.87. The van der Waals surface area contributed by atoms with E-state index in [-0.39, 0.29) is 0 Å². The zero-order valence-electron chi connectivity index (χ0n) is 8.32. The zero-order chi connectivity index (χ0) is 14.3. The summed E-state index contributed by atoms with van der Waals surface area (Å²) in [4.78, 5) is 10.1. The molecule has 0 saturated heterocycles. The summed E-state index contributed by atoms with van der Waals surface area (Å²) in [5, 5.41) is 0. The van der Waals surface area contributed by atoms with Crippen LogP contribution in [-0.2, 0) is 9.53 Å².